The molecule has 0 radical (unpaired) electrons. The summed E-state index contributed by atoms with van der Waals surface area (Å²) in [6.45, 7) is 7.94. The lowest BCUT2D eigenvalue weighted by atomic mass is 10.1. The molecule has 0 fully saturated rings. The largest absolute Gasteiger partial charge is 0.507 e. The Morgan fingerprint density at radius 1 is 1.25 bits per heavy atom. The minimum atomic E-state index is 0.223. The Morgan fingerprint density at radius 3 is 2.40 bits per heavy atom. The van der Waals surface area contributed by atoms with Crippen LogP contribution in [0.1, 0.15) is 39.2 Å². The maximum Gasteiger partial charge on any atom is 0.189 e. The molecule has 0 aliphatic carbocycles. The van der Waals surface area contributed by atoms with Crippen LogP contribution < -0.4 is 5.43 Å². The predicted molar refractivity (Wildman–Crippen MR) is 88.2 cm³/mol. The Hall–Kier alpha value is -1.62. The van der Waals surface area contributed by atoms with E-state index in [1.54, 1.807) is 12.1 Å². The number of aromatic hydroxyl groups is 1. The summed E-state index contributed by atoms with van der Waals surface area (Å²) in [5.41, 5.74) is 4.33. The van der Waals surface area contributed by atoms with Gasteiger partial charge in [0.05, 0.1) is 5.71 Å². The van der Waals surface area contributed by atoms with Crippen molar-refractivity contribution in [2.45, 2.75) is 33.6 Å². The molecule has 0 aliphatic rings. The molecule has 1 aromatic rings. The standard InChI is InChI=1S/C15H23N3OS/c1-4-10-18(11-5-2)15(20)17-16-12(3)13-8-6-7-9-14(13)19/h6-9,19H,4-5,10-11H2,1-3H3,(H,17,20)/b16-12-. The first kappa shape index (κ1) is 16.4. The van der Waals surface area contributed by atoms with Gasteiger partial charge in [-0.2, -0.15) is 5.10 Å². The highest BCUT2D eigenvalue weighted by Gasteiger charge is 2.08. The molecule has 0 atom stereocenters. The first-order chi connectivity index (χ1) is 9.60. The third kappa shape index (κ3) is 4.81. The highest BCUT2D eigenvalue weighted by atomic mass is 32.1. The van der Waals surface area contributed by atoms with Crippen LogP contribution in [0.3, 0.4) is 0 Å². The van der Waals surface area contributed by atoms with Gasteiger partial charge in [-0.1, -0.05) is 26.0 Å². The van der Waals surface area contributed by atoms with Gasteiger partial charge in [-0.25, -0.2) is 0 Å². The zero-order chi connectivity index (χ0) is 15.0. The van der Waals surface area contributed by atoms with Crippen molar-refractivity contribution in [1.29, 1.82) is 0 Å². The second-order valence-corrected chi connectivity index (χ2v) is 5.01. The molecule has 1 rings (SSSR count). The van der Waals surface area contributed by atoms with E-state index in [2.05, 4.69) is 29.3 Å². The maximum atomic E-state index is 9.77. The Morgan fingerprint density at radius 2 is 1.85 bits per heavy atom. The van der Waals surface area contributed by atoms with Gasteiger partial charge < -0.3 is 10.0 Å². The van der Waals surface area contributed by atoms with Crippen molar-refractivity contribution in [3.8, 4) is 5.75 Å². The van der Waals surface area contributed by atoms with Crippen molar-refractivity contribution in [3.63, 3.8) is 0 Å². The van der Waals surface area contributed by atoms with E-state index in [9.17, 15) is 5.11 Å². The van der Waals surface area contributed by atoms with Gasteiger partial charge in [-0.3, -0.25) is 5.43 Å². The Labute approximate surface area is 126 Å². The molecular weight excluding hydrogens is 270 g/mol. The summed E-state index contributed by atoms with van der Waals surface area (Å²) in [6.07, 6.45) is 2.09. The molecular formula is C15H23N3OS. The molecule has 0 aromatic heterocycles. The van der Waals surface area contributed by atoms with Gasteiger partial charge in [0, 0.05) is 18.7 Å². The van der Waals surface area contributed by atoms with Gasteiger partial charge in [0.15, 0.2) is 5.11 Å². The number of hydrogen-bond acceptors (Lipinski definition) is 3. The van der Waals surface area contributed by atoms with Crippen LogP contribution in [0.2, 0.25) is 0 Å². The van der Waals surface area contributed by atoms with Crippen LogP contribution in [0, 0.1) is 0 Å². The summed E-state index contributed by atoms with van der Waals surface area (Å²) >= 11 is 5.35. The number of phenols is 1. The average molecular weight is 293 g/mol. The number of hydrazone groups is 1. The van der Waals surface area contributed by atoms with Crippen LogP contribution in [0.5, 0.6) is 5.75 Å². The second kappa shape index (κ2) is 8.53. The SMILES string of the molecule is CCCN(CCC)C(=S)N/N=C(/C)c1ccccc1O. The van der Waals surface area contributed by atoms with Crippen LogP contribution in [0.25, 0.3) is 0 Å². The van der Waals surface area contributed by atoms with Crippen LogP contribution in [-0.4, -0.2) is 33.9 Å². The third-order valence-electron chi connectivity index (χ3n) is 2.89. The highest BCUT2D eigenvalue weighted by molar-refractivity contribution is 7.80. The molecule has 0 spiro atoms. The number of nitrogens with zero attached hydrogens (tertiary/aromatic N) is 2. The van der Waals surface area contributed by atoms with Crippen LogP contribution in [-0.2, 0) is 0 Å². The molecule has 0 heterocycles. The van der Waals surface area contributed by atoms with E-state index in [1.807, 2.05) is 19.1 Å². The molecule has 110 valence electrons. The quantitative estimate of drug-likeness (QED) is 0.481. The summed E-state index contributed by atoms with van der Waals surface area (Å²) in [4.78, 5) is 2.11. The van der Waals surface area contributed by atoms with E-state index in [4.69, 9.17) is 12.2 Å². The minimum absolute atomic E-state index is 0.223. The fourth-order valence-electron chi connectivity index (χ4n) is 1.90. The molecule has 0 amide bonds. The summed E-state index contributed by atoms with van der Waals surface area (Å²) in [5, 5.41) is 14.7. The van der Waals surface area contributed by atoms with E-state index in [0.717, 1.165) is 25.9 Å². The van der Waals surface area contributed by atoms with E-state index in [1.165, 1.54) is 0 Å². The van der Waals surface area contributed by atoms with Crippen molar-refractivity contribution < 1.29 is 5.11 Å². The monoisotopic (exact) mass is 293 g/mol. The highest BCUT2D eigenvalue weighted by Crippen LogP contribution is 2.16. The fraction of sp³-hybridized carbons (Fsp3) is 0.467. The molecule has 0 aliphatic heterocycles. The van der Waals surface area contributed by atoms with Crippen LogP contribution in [0.15, 0.2) is 29.4 Å². The average Bonchev–Trinajstić information content (AvgIpc) is 2.44. The molecule has 4 nitrogen and oxygen atoms in total. The molecule has 0 saturated heterocycles. The molecule has 0 unspecified atom stereocenters. The number of para-hydroxylation sites is 1. The van der Waals surface area contributed by atoms with Gasteiger partial charge in [-0.05, 0) is 44.1 Å². The van der Waals surface area contributed by atoms with Crippen molar-refractivity contribution in [2.24, 2.45) is 5.10 Å². The lowest BCUT2D eigenvalue weighted by Gasteiger charge is -2.23. The predicted octanol–water partition coefficient (Wildman–Crippen LogP) is 3.11. The zero-order valence-corrected chi connectivity index (χ0v) is 13.2. The van der Waals surface area contributed by atoms with Crippen LogP contribution >= 0.6 is 12.2 Å². The zero-order valence-electron chi connectivity index (χ0n) is 12.4. The molecule has 20 heavy (non-hydrogen) atoms. The molecule has 0 saturated carbocycles. The second-order valence-electron chi connectivity index (χ2n) is 4.62. The summed E-state index contributed by atoms with van der Waals surface area (Å²) < 4.78 is 0. The van der Waals surface area contributed by atoms with Gasteiger partial charge in [-0.15, -0.1) is 0 Å². The van der Waals surface area contributed by atoms with Gasteiger partial charge in [0.1, 0.15) is 5.75 Å². The smallest absolute Gasteiger partial charge is 0.189 e. The van der Waals surface area contributed by atoms with Crippen molar-refractivity contribution in [1.82, 2.24) is 10.3 Å². The lowest BCUT2D eigenvalue weighted by molar-refractivity contribution is 0.411. The third-order valence-corrected chi connectivity index (χ3v) is 3.24. The van der Waals surface area contributed by atoms with Crippen LogP contribution in [0.4, 0.5) is 0 Å². The number of rotatable bonds is 6. The minimum Gasteiger partial charge on any atom is -0.507 e. The van der Waals surface area contributed by atoms with Crippen molar-refractivity contribution in [3.05, 3.63) is 29.8 Å². The molecule has 1 aromatic carbocycles. The topological polar surface area (TPSA) is 47.9 Å². The Kier molecular flexibility index (Phi) is 7.01. The number of thiocarbonyl (C=S) groups is 1. The number of nitrogens with one attached hydrogen (secondary N) is 1. The molecule has 0 bridgehead atoms. The number of benzene rings is 1. The summed E-state index contributed by atoms with van der Waals surface area (Å²) in [7, 11) is 0. The van der Waals surface area contributed by atoms with Crippen molar-refractivity contribution in [2.75, 3.05) is 13.1 Å². The molecule has 2 N–H and O–H groups in total. The van der Waals surface area contributed by atoms with Gasteiger partial charge in [0.25, 0.3) is 0 Å². The first-order valence-electron chi connectivity index (χ1n) is 6.97. The Bertz CT molecular complexity index is 468. The summed E-state index contributed by atoms with van der Waals surface area (Å²) in [6, 6.07) is 7.13. The van der Waals surface area contributed by atoms with E-state index in [-0.39, 0.29) is 5.75 Å². The molecule has 5 heteroatoms. The lowest BCUT2D eigenvalue weighted by Crippen LogP contribution is -2.38. The van der Waals surface area contributed by atoms with E-state index in [0.29, 0.717) is 16.4 Å². The van der Waals surface area contributed by atoms with Gasteiger partial charge >= 0.3 is 0 Å². The number of hydrogen-bond donors (Lipinski definition) is 2. The number of phenolic OH excluding ortho intramolecular Hbond substituents is 1. The first-order valence-corrected chi connectivity index (χ1v) is 7.38. The van der Waals surface area contributed by atoms with Crippen molar-refractivity contribution >= 4 is 23.0 Å². The Balaban J connectivity index is 2.70. The van der Waals surface area contributed by atoms with E-state index >= 15 is 0 Å². The van der Waals surface area contributed by atoms with Gasteiger partial charge in [0.2, 0.25) is 0 Å². The summed E-state index contributed by atoms with van der Waals surface area (Å²) in [5.74, 6) is 0.223. The maximum absolute atomic E-state index is 9.77. The fourth-order valence-corrected chi connectivity index (χ4v) is 2.13. The normalized spacial score (nSPS) is 11.2. The van der Waals surface area contributed by atoms with E-state index < -0.39 is 0 Å².